The van der Waals surface area contributed by atoms with E-state index in [1.165, 1.54) is 12.1 Å². The fraction of sp³-hybridized carbons (Fsp3) is 0.500. The molecule has 2 atom stereocenters. The number of anilines is 1. The third-order valence-corrected chi connectivity index (χ3v) is 4.37. The second-order valence-corrected chi connectivity index (χ2v) is 5.49. The number of nitrogens with one attached hydrogen (secondary N) is 1. The SMILES string of the molecule is CSC1CCCC1Nc1cc(F)cc([N+](=O)[O-])c1. The Morgan fingerprint density at radius 1 is 1.44 bits per heavy atom. The molecule has 1 aliphatic rings. The van der Waals surface area contributed by atoms with Gasteiger partial charge >= 0.3 is 0 Å². The summed E-state index contributed by atoms with van der Waals surface area (Å²) in [4.78, 5) is 10.1. The molecule has 0 amide bonds. The Morgan fingerprint density at radius 2 is 2.22 bits per heavy atom. The van der Waals surface area contributed by atoms with Crippen molar-refractivity contribution < 1.29 is 9.31 Å². The van der Waals surface area contributed by atoms with Crippen LogP contribution in [0.15, 0.2) is 18.2 Å². The fourth-order valence-electron chi connectivity index (χ4n) is 2.35. The Hall–Kier alpha value is -1.30. The Balaban J connectivity index is 2.16. The summed E-state index contributed by atoms with van der Waals surface area (Å²) < 4.78 is 13.3. The summed E-state index contributed by atoms with van der Waals surface area (Å²) in [5, 5.41) is 14.4. The topological polar surface area (TPSA) is 55.2 Å². The van der Waals surface area contributed by atoms with Crippen LogP contribution in [0.3, 0.4) is 0 Å². The summed E-state index contributed by atoms with van der Waals surface area (Å²) in [6.07, 6.45) is 5.35. The van der Waals surface area contributed by atoms with E-state index in [4.69, 9.17) is 0 Å². The molecule has 0 aromatic heterocycles. The number of hydrogen-bond donors (Lipinski definition) is 1. The van der Waals surface area contributed by atoms with Gasteiger partial charge in [0.1, 0.15) is 5.82 Å². The van der Waals surface area contributed by atoms with Gasteiger partial charge in [-0.1, -0.05) is 6.42 Å². The zero-order valence-electron chi connectivity index (χ0n) is 10.1. The van der Waals surface area contributed by atoms with Crippen LogP contribution < -0.4 is 5.32 Å². The Bertz CT molecular complexity index is 456. The minimum absolute atomic E-state index is 0.212. The molecule has 1 aliphatic carbocycles. The molecule has 98 valence electrons. The third kappa shape index (κ3) is 2.93. The van der Waals surface area contributed by atoms with Gasteiger partial charge in [0.2, 0.25) is 0 Å². The summed E-state index contributed by atoms with van der Waals surface area (Å²) in [6, 6.07) is 3.90. The molecule has 1 aromatic carbocycles. The molecule has 1 fully saturated rings. The number of thioether (sulfide) groups is 1. The van der Waals surface area contributed by atoms with Crippen LogP contribution in [0, 0.1) is 15.9 Å². The van der Waals surface area contributed by atoms with Gasteiger partial charge in [0.25, 0.3) is 5.69 Å². The number of nitro groups is 1. The van der Waals surface area contributed by atoms with E-state index in [-0.39, 0.29) is 11.7 Å². The molecule has 0 aliphatic heterocycles. The van der Waals surface area contributed by atoms with Crippen molar-refractivity contribution in [2.75, 3.05) is 11.6 Å². The van der Waals surface area contributed by atoms with Gasteiger partial charge in [-0.25, -0.2) is 4.39 Å². The first-order valence-electron chi connectivity index (χ1n) is 5.84. The van der Waals surface area contributed by atoms with Crippen LogP contribution in [0.4, 0.5) is 15.8 Å². The lowest BCUT2D eigenvalue weighted by Crippen LogP contribution is -2.25. The number of nitro benzene ring substituents is 1. The second-order valence-electron chi connectivity index (χ2n) is 4.41. The van der Waals surface area contributed by atoms with Crippen molar-refractivity contribution in [1.29, 1.82) is 0 Å². The predicted molar refractivity (Wildman–Crippen MR) is 71.6 cm³/mol. The zero-order valence-corrected chi connectivity index (χ0v) is 10.9. The van der Waals surface area contributed by atoms with Crippen molar-refractivity contribution in [3.63, 3.8) is 0 Å². The minimum Gasteiger partial charge on any atom is -0.381 e. The van der Waals surface area contributed by atoms with Crippen LogP contribution in [0.2, 0.25) is 0 Å². The highest BCUT2D eigenvalue weighted by Crippen LogP contribution is 2.31. The lowest BCUT2D eigenvalue weighted by Gasteiger charge is -2.20. The number of nitrogens with zero attached hydrogens (tertiary/aromatic N) is 1. The average molecular weight is 270 g/mol. The summed E-state index contributed by atoms with van der Waals surface area (Å²) in [7, 11) is 0. The highest BCUT2D eigenvalue weighted by atomic mass is 32.2. The molecule has 0 heterocycles. The highest BCUT2D eigenvalue weighted by Gasteiger charge is 2.26. The van der Waals surface area contributed by atoms with Crippen molar-refractivity contribution in [1.82, 2.24) is 0 Å². The molecule has 2 unspecified atom stereocenters. The van der Waals surface area contributed by atoms with Crippen molar-refractivity contribution in [3.8, 4) is 0 Å². The lowest BCUT2D eigenvalue weighted by atomic mass is 10.2. The van der Waals surface area contributed by atoms with Crippen LogP contribution in [0.1, 0.15) is 19.3 Å². The normalized spacial score (nSPS) is 23.0. The number of benzene rings is 1. The quantitative estimate of drug-likeness (QED) is 0.672. The van der Waals surface area contributed by atoms with E-state index in [2.05, 4.69) is 11.6 Å². The molecule has 0 spiro atoms. The maximum atomic E-state index is 13.3. The molecule has 0 bridgehead atoms. The monoisotopic (exact) mass is 270 g/mol. The molecule has 18 heavy (non-hydrogen) atoms. The number of non-ortho nitro benzene ring substituents is 1. The third-order valence-electron chi connectivity index (χ3n) is 3.20. The number of rotatable bonds is 4. The molecule has 1 aromatic rings. The summed E-state index contributed by atoms with van der Waals surface area (Å²) in [6.45, 7) is 0. The van der Waals surface area contributed by atoms with E-state index in [0.29, 0.717) is 10.9 Å². The van der Waals surface area contributed by atoms with Crippen LogP contribution in [-0.2, 0) is 0 Å². The fourth-order valence-corrected chi connectivity index (χ4v) is 3.29. The minimum atomic E-state index is -0.578. The number of halogens is 1. The average Bonchev–Trinajstić information content (AvgIpc) is 2.75. The smallest absolute Gasteiger partial charge is 0.274 e. The van der Waals surface area contributed by atoms with Crippen molar-refractivity contribution in [2.45, 2.75) is 30.6 Å². The highest BCUT2D eigenvalue weighted by molar-refractivity contribution is 7.99. The molecule has 1 N–H and O–H groups in total. The van der Waals surface area contributed by atoms with Gasteiger partial charge in [-0.05, 0) is 25.2 Å². The van der Waals surface area contributed by atoms with Gasteiger partial charge < -0.3 is 5.32 Å². The first kappa shape index (κ1) is 13.1. The number of hydrogen-bond acceptors (Lipinski definition) is 4. The molecule has 0 saturated heterocycles. The largest absolute Gasteiger partial charge is 0.381 e. The van der Waals surface area contributed by atoms with E-state index in [0.717, 1.165) is 25.3 Å². The predicted octanol–water partition coefficient (Wildman–Crippen LogP) is 3.43. The van der Waals surface area contributed by atoms with E-state index in [9.17, 15) is 14.5 Å². The first-order chi connectivity index (χ1) is 8.60. The van der Waals surface area contributed by atoms with Crippen molar-refractivity contribution in [3.05, 3.63) is 34.1 Å². The first-order valence-corrected chi connectivity index (χ1v) is 7.13. The molecule has 6 heteroatoms. The zero-order chi connectivity index (χ0) is 13.1. The van der Waals surface area contributed by atoms with Gasteiger partial charge in [-0.3, -0.25) is 10.1 Å². The van der Waals surface area contributed by atoms with Crippen LogP contribution in [-0.4, -0.2) is 22.5 Å². The van der Waals surface area contributed by atoms with Gasteiger partial charge in [-0.15, -0.1) is 0 Å². The lowest BCUT2D eigenvalue weighted by molar-refractivity contribution is -0.385. The van der Waals surface area contributed by atoms with E-state index >= 15 is 0 Å². The van der Waals surface area contributed by atoms with E-state index < -0.39 is 10.7 Å². The van der Waals surface area contributed by atoms with Gasteiger partial charge in [-0.2, -0.15) is 11.8 Å². The van der Waals surface area contributed by atoms with E-state index in [1.54, 1.807) is 11.8 Å². The maximum absolute atomic E-state index is 13.3. The van der Waals surface area contributed by atoms with Crippen LogP contribution in [0.25, 0.3) is 0 Å². The molecule has 0 radical (unpaired) electrons. The molecule has 2 rings (SSSR count). The van der Waals surface area contributed by atoms with Crippen molar-refractivity contribution >= 4 is 23.1 Å². The molecule has 1 saturated carbocycles. The van der Waals surface area contributed by atoms with Gasteiger partial charge in [0, 0.05) is 23.0 Å². The summed E-state index contributed by atoms with van der Waals surface area (Å²) >= 11 is 1.78. The Morgan fingerprint density at radius 3 is 2.89 bits per heavy atom. The maximum Gasteiger partial charge on any atom is 0.274 e. The van der Waals surface area contributed by atoms with Crippen molar-refractivity contribution in [2.24, 2.45) is 0 Å². The summed E-state index contributed by atoms with van der Waals surface area (Å²) in [5.74, 6) is -0.578. The van der Waals surface area contributed by atoms with Gasteiger partial charge in [0.15, 0.2) is 0 Å². The molecular weight excluding hydrogens is 255 g/mol. The second kappa shape index (κ2) is 5.56. The molecular formula is C12H15FN2O2S. The van der Waals surface area contributed by atoms with Gasteiger partial charge in [0.05, 0.1) is 11.0 Å². The standard InChI is InChI=1S/C12H15FN2O2S/c1-18-12-4-2-3-11(12)14-9-5-8(13)6-10(7-9)15(16)17/h5-7,11-12,14H,2-4H2,1H3. The Labute approximate surface area is 109 Å². The molecule has 4 nitrogen and oxygen atoms in total. The van der Waals surface area contributed by atoms with Crippen LogP contribution >= 0.6 is 11.8 Å². The van der Waals surface area contributed by atoms with E-state index in [1.807, 2.05) is 0 Å². The van der Waals surface area contributed by atoms with Crippen LogP contribution in [0.5, 0.6) is 0 Å². The Kier molecular flexibility index (Phi) is 4.06. The summed E-state index contributed by atoms with van der Waals surface area (Å²) in [5.41, 5.74) is 0.281.